The van der Waals surface area contributed by atoms with Gasteiger partial charge >= 0.3 is 0 Å². The van der Waals surface area contributed by atoms with E-state index in [0.717, 1.165) is 12.3 Å². The largest absolute Gasteiger partial charge is 0.329 e. The molecule has 1 aliphatic carbocycles. The fourth-order valence-corrected chi connectivity index (χ4v) is 3.71. The predicted molar refractivity (Wildman–Crippen MR) is 75.4 cm³/mol. The molecule has 3 atom stereocenters. The van der Waals surface area contributed by atoms with Crippen LogP contribution in [0.4, 0.5) is 0 Å². The van der Waals surface area contributed by atoms with Gasteiger partial charge in [-0.3, -0.25) is 0 Å². The Kier molecular flexibility index (Phi) is 4.60. The van der Waals surface area contributed by atoms with E-state index >= 15 is 0 Å². The van der Waals surface area contributed by atoms with Gasteiger partial charge in [0, 0.05) is 22.3 Å². The molecule has 0 saturated heterocycles. The standard InChI is InChI=1S/C14H24N2S/c1-3-12-6-7-14(17-12)13(9-15)16-11-5-4-10(2)8-11/h6-7,10-11,13,16H,3-5,8-9,15H2,1-2H3. The van der Waals surface area contributed by atoms with Crippen molar-refractivity contribution in [3.05, 3.63) is 21.9 Å². The van der Waals surface area contributed by atoms with E-state index in [1.807, 2.05) is 11.3 Å². The van der Waals surface area contributed by atoms with E-state index in [-0.39, 0.29) is 0 Å². The molecule has 3 unspecified atom stereocenters. The molecule has 17 heavy (non-hydrogen) atoms. The summed E-state index contributed by atoms with van der Waals surface area (Å²) in [5.74, 6) is 0.875. The van der Waals surface area contributed by atoms with E-state index < -0.39 is 0 Å². The van der Waals surface area contributed by atoms with Gasteiger partial charge in [0.2, 0.25) is 0 Å². The van der Waals surface area contributed by atoms with Crippen molar-refractivity contribution in [2.45, 2.75) is 51.6 Å². The Labute approximate surface area is 109 Å². The molecule has 1 aromatic heterocycles. The number of aryl methyl sites for hydroxylation is 1. The SMILES string of the molecule is CCc1ccc(C(CN)NC2CCC(C)C2)s1. The molecule has 0 aromatic carbocycles. The predicted octanol–water partition coefficient (Wildman–Crippen LogP) is 3.09. The lowest BCUT2D eigenvalue weighted by Crippen LogP contribution is -2.34. The van der Waals surface area contributed by atoms with Crippen LogP contribution < -0.4 is 11.1 Å². The number of hydrogen-bond acceptors (Lipinski definition) is 3. The maximum Gasteiger partial charge on any atom is 0.0541 e. The van der Waals surface area contributed by atoms with Gasteiger partial charge in [-0.2, -0.15) is 0 Å². The highest BCUT2D eigenvalue weighted by atomic mass is 32.1. The first-order chi connectivity index (χ1) is 8.22. The molecule has 0 amide bonds. The fourth-order valence-electron chi connectivity index (χ4n) is 2.68. The van der Waals surface area contributed by atoms with Crippen molar-refractivity contribution in [3.8, 4) is 0 Å². The molecule has 1 aliphatic rings. The maximum atomic E-state index is 5.91. The van der Waals surface area contributed by atoms with Gasteiger partial charge in [0.05, 0.1) is 6.04 Å². The molecule has 96 valence electrons. The minimum atomic E-state index is 0.357. The molecule has 0 spiro atoms. The van der Waals surface area contributed by atoms with Crippen LogP contribution in [0.5, 0.6) is 0 Å². The average molecular weight is 252 g/mol. The highest BCUT2D eigenvalue weighted by Crippen LogP contribution is 2.29. The normalized spacial score (nSPS) is 26.3. The quantitative estimate of drug-likeness (QED) is 0.845. The van der Waals surface area contributed by atoms with Crippen molar-refractivity contribution < 1.29 is 0 Å². The van der Waals surface area contributed by atoms with Crippen molar-refractivity contribution >= 4 is 11.3 Å². The van der Waals surface area contributed by atoms with Gasteiger partial charge in [-0.25, -0.2) is 0 Å². The minimum Gasteiger partial charge on any atom is -0.329 e. The summed E-state index contributed by atoms with van der Waals surface area (Å²) in [6, 6.07) is 5.51. The second-order valence-corrected chi connectivity index (χ2v) is 6.43. The molecule has 0 radical (unpaired) electrons. The number of rotatable bonds is 5. The molecule has 3 heteroatoms. The Bertz CT molecular complexity index is 348. The second-order valence-electron chi connectivity index (χ2n) is 5.23. The van der Waals surface area contributed by atoms with E-state index in [1.54, 1.807) is 0 Å². The van der Waals surface area contributed by atoms with Crippen LogP contribution in [0, 0.1) is 5.92 Å². The molecule has 2 rings (SSSR count). The molecule has 0 bridgehead atoms. The van der Waals surface area contributed by atoms with Gasteiger partial charge in [-0.1, -0.05) is 13.8 Å². The second kappa shape index (κ2) is 5.98. The zero-order valence-corrected chi connectivity index (χ0v) is 11.7. The zero-order chi connectivity index (χ0) is 12.3. The number of nitrogens with one attached hydrogen (secondary N) is 1. The molecule has 1 fully saturated rings. The molecule has 1 heterocycles. The third-order valence-corrected chi connectivity index (χ3v) is 5.08. The fraction of sp³-hybridized carbons (Fsp3) is 0.714. The Morgan fingerprint density at radius 3 is 2.82 bits per heavy atom. The van der Waals surface area contributed by atoms with Crippen LogP contribution in [-0.4, -0.2) is 12.6 Å². The number of nitrogens with two attached hydrogens (primary N) is 1. The van der Waals surface area contributed by atoms with E-state index in [1.165, 1.54) is 29.0 Å². The van der Waals surface area contributed by atoms with E-state index in [0.29, 0.717) is 18.6 Å². The summed E-state index contributed by atoms with van der Waals surface area (Å²) in [6.07, 6.45) is 5.11. The number of thiophene rings is 1. The highest BCUT2D eigenvalue weighted by Gasteiger charge is 2.24. The molecule has 1 aromatic rings. The van der Waals surface area contributed by atoms with Gasteiger partial charge in [-0.05, 0) is 43.7 Å². The van der Waals surface area contributed by atoms with Crippen molar-refractivity contribution in [1.29, 1.82) is 0 Å². The molecule has 2 nitrogen and oxygen atoms in total. The van der Waals surface area contributed by atoms with Gasteiger partial charge in [0.15, 0.2) is 0 Å². The summed E-state index contributed by atoms with van der Waals surface area (Å²) in [5.41, 5.74) is 5.91. The summed E-state index contributed by atoms with van der Waals surface area (Å²) in [4.78, 5) is 2.86. The summed E-state index contributed by atoms with van der Waals surface area (Å²) in [6.45, 7) is 5.26. The average Bonchev–Trinajstić information content (AvgIpc) is 2.94. The lowest BCUT2D eigenvalue weighted by molar-refractivity contribution is 0.438. The first-order valence-electron chi connectivity index (χ1n) is 6.77. The van der Waals surface area contributed by atoms with Gasteiger partial charge in [0.1, 0.15) is 0 Å². The smallest absolute Gasteiger partial charge is 0.0541 e. The van der Waals surface area contributed by atoms with Crippen LogP contribution in [0.1, 0.15) is 48.9 Å². The Balaban J connectivity index is 1.96. The summed E-state index contributed by atoms with van der Waals surface area (Å²) >= 11 is 1.91. The van der Waals surface area contributed by atoms with Crippen molar-refractivity contribution in [2.24, 2.45) is 11.7 Å². The van der Waals surface area contributed by atoms with Crippen LogP contribution in [0.25, 0.3) is 0 Å². The van der Waals surface area contributed by atoms with Crippen LogP contribution in [0.3, 0.4) is 0 Å². The van der Waals surface area contributed by atoms with Crippen molar-refractivity contribution in [1.82, 2.24) is 5.32 Å². The lowest BCUT2D eigenvalue weighted by atomic mass is 10.1. The van der Waals surface area contributed by atoms with Gasteiger partial charge < -0.3 is 11.1 Å². The molecule has 0 aliphatic heterocycles. The van der Waals surface area contributed by atoms with Gasteiger partial charge in [-0.15, -0.1) is 11.3 Å². The summed E-state index contributed by atoms with van der Waals surface area (Å²) in [7, 11) is 0. The molecular formula is C14H24N2S. The first kappa shape index (κ1) is 13.1. The van der Waals surface area contributed by atoms with Crippen LogP contribution in [0.2, 0.25) is 0 Å². The van der Waals surface area contributed by atoms with Crippen molar-refractivity contribution in [3.63, 3.8) is 0 Å². The summed E-state index contributed by atoms with van der Waals surface area (Å²) in [5, 5.41) is 3.74. The van der Waals surface area contributed by atoms with Crippen LogP contribution in [-0.2, 0) is 6.42 Å². The molecule has 3 N–H and O–H groups in total. The van der Waals surface area contributed by atoms with Crippen LogP contribution >= 0.6 is 11.3 Å². The van der Waals surface area contributed by atoms with E-state index in [9.17, 15) is 0 Å². The van der Waals surface area contributed by atoms with E-state index in [4.69, 9.17) is 5.73 Å². The minimum absolute atomic E-state index is 0.357. The Morgan fingerprint density at radius 2 is 2.29 bits per heavy atom. The molecule has 1 saturated carbocycles. The highest BCUT2D eigenvalue weighted by molar-refractivity contribution is 7.12. The van der Waals surface area contributed by atoms with Crippen LogP contribution in [0.15, 0.2) is 12.1 Å². The van der Waals surface area contributed by atoms with Gasteiger partial charge in [0.25, 0.3) is 0 Å². The maximum absolute atomic E-state index is 5.91. The van der Waals surface area contributed by atoms with Crippen molar-refractivity contribution in [2.75, 3.05) is 6.54 Å². The summed E-state index contributed by atoms with van der Waals surface area (Å²) < 4.78 is 0. The monoisotopic (exact) mass is 252 g/mol. The lowest BCUT2D eigenvalue weighted by Gasteiger charge is -2.20. The Hall–Kier alpha value is -0.380. The third-order valence-electron chi connectivity index (χ3n) is 3.74. The Morgan fingerprint density at radius 1 is 1.47 bits per heavy atom. The number of hydrogen-bond donors (Lipinski definition) is 2. The third kappa shape index (κ3) is 3.30. The zero-order valence-electron chi connectivity index (χ0n) is 10.9. The molecular weight excluding hydrogens is 228 g/mol. The topological polar surface area (TPSA) is 38.0 Å². The van der Waals surface area contributed by atoms with E-state index in [2.05, 4.69) is 31.3 Å². The first-order valence-corrected chi connectivity index (χ1v) is 7.59.